The minimum Gasteiger partial charge on any atom is -0.508 e. The van der Waals surface area contributed by atoms with Gasteiger partial charge in [0.2, 0.25) is 5.91 Å². The Labute approximate surface area is 120 Å². The highest BCUT2D eigenvalue weighted by molar-refractivity contribution is 5.76. The fourth-order valence-electron chi connectivity index (χ4n) is 2.00. The quantitative estimate of drug-likeness (QED) is 0.601. The van der Waals surface area contributed by atoms with E-state index in [0.717, 1.165) is 12.0 Å². The van der Waals surface area contributed by atoms with Gasteiger partial charge < -0.3 is 20.5 Å². The van der Waals surface area contributed by atoms with Gasteiger partial charge in [-0.05, 0) is 12.5 Å². The standard InChI is InChI=1S/C15H24N2O3/c1-3-13(12-6-4-5-7-14(12)18)16-9-8-15(19)17-10-11-20-2/h4-7,13,16,18H,3,8-11H2,1-2H3,(H,17,19). The third-order valence-electron chi connectivity index (χ3n) is 3.09. The number of ether oxygens (including phenoxy) is 1. The molecule has 1 aromatic rings. The van der Waals surface area contributed by atoms with Crippen LogP contribution in [0.5, 0.6) is 5.75 Å². The molecule has 0 aliphatic carbocycles. The first kappa shape index (κ1) is 16.5. The van der Waals surface area contributed by atoms with Crippen molar-refractivity contribution >= 4 is 5.91 Å². The molecule has 112 valence electrons. The zero-order chi connectivity index (χ0) is 14.8. The van der Waals surface area contributed by atoms with Crippen LogP contribution in [0.25, 0.3) is 0 Å². The Hall–Kier alpha value is -1.59. The molecule has 0 aliphatic heterocycles. The summed E-state index contributed by atoms with van der Waals surface area (Å²) in [7, 11) is 1.60. The highest BCUT2D eigenvalue weighted by Crippen LogP contribution is 2.25. The van der Waals surface area contributed by atoms with Crippen molar-refractivity contribution < 1.29 is 14.6 Å². The third kappa shape index (κ3) is 5.59. The fraction of sp³-hybridized carbons (Fsp3) is 0.533. The van der Waals surface area contributed by atoms with Gasteiger partial charge in [0.05, 0.1) is 6.61 Å². The number of aromatic hydroxyl groups is 1. The number of carbonyl (C=O) groups is 1. The van der Waals surface area contributed by atoms with E-state index >= 15 is 0 Å². The Morgan fingerprint density at radius 3 is 2.75 bits per heavy atom. The lowest BCUT2D eigenvalue weighted by molar-refractivity contribution is -0.121. The largest absolute Gasteiger partial charge is 0.508 e. The molecule has 0 spiro atoms. The summed E-state index contributed by atoms with van der Waals surface area (Å²) in [6.07, 6.45) is 1.26. The molecule has 20 heavy (non-hydrogen) atoms. The molecule has 5 heteroatoms. The summed E-state index contributed by atoms with van der Waals surface area (Å²) in [5.41, 5.74) is 0.870. The van der Waals surface area contributed by atoms with Gasteiger partial charge in [0.25, 0.3) is 0 Å². The van der Waals surface area contributed by atoms with Crippen LogP contribution >= 0.6 is 0 Å². The second-order valence-electron chi connectivity index (χ2n) is 4.57. The lowest BCUT2D eigenvalue weighted by Crippen LogP contribution is -2.31. The number of phenolic OH excluding ortho intramolecular Hbond substituents is 1. The normalized spacial score (nSPS) is 12.1. The number of hydrogen-bond acceptors (Lipinski definition) is 4. The first-order valence-electron chi connectivity index (χ1n) is 6.96. The molecule has 0 heterocycles. The van der Waals surface area contributed by atoms with E-state index in [4.69, 9.17) is 4.74 Å². The average Bonchev–Trinajstić information content (AvgIpc) is 2.45. The van der Waals surface area contributed by atoms with Crippen molar-refractivity contribution in [2.24, 2.45) is 0 Å². The molecule has 1 aromatic carbocycles. The predicted octanol–water partition coefficient (Wildman–Crippen LogP) is 1.59. The van der Waals surface area contributed by atoms with Crippen LogP contribution in [0.4, 0.5) is 0 Å². The van der Waals surface area contributed by atoms with Crippen molar-refractivity contribution in [1.29, 1.82) is 0 Å². The van der Waals surface area contributed by atoms with Gasteiger partial charge in [-0.3, -0.25) is 4.79 Å². The molecule has 1 amide bonds. The molecule has 1 atom stereocenters. The maximum Gasteiger partial charge on any atom is 0.221 e. The molecule has 1 rings (SSSR count). The number of hydrogen-bond donors (Lipinski definition) is 3. The van der Waals surface area contributed by atoms with E-state index in [2.05, 4.69) is 10.6 Å². The van der Waals surface area contributed by atoms with Crippen LogP contribution < -0.4 is 10.6 Å². The van der Waals surface area contributed by atoms with Gasteiger partial charge in [-0.15, -0.1) is 0 Å². The van der Waals surface area contributed by atoms with Crippen LogP contribution in [0.1, 0.15) is 31.4 Å². The molecule has 0 aliphatic rings. The summed E-state index contributed by atoms with van der Waals surface area (Å²) >= 11 is 0. The van der Waals surface area contributed by atoms with Crippen molar-refractivity contribution in [2.75, 3.05) is 26.8 Å². The highest BCUT2D eigenvalue weighted by atomic mass is 16.5. The van der Waals surface area contributed by atoms with E-state index in [1.165, 1.54) is 0 Å². The van der Waals surface area contributed by atoms with Crippen molar-refractivity contribution in [2.45, 2.75) is 25.8 Å². The van der Waals surface area contributed by atoms with E-state index in [1.54, 1.807) is 19.2 Å². The lowest BCUT2D eigenvalue weighted by Gasteiger charge is -2.18. The molecule has 0 saturated heterocycles. The van der Waals surface area contributed by atoms with Gasteiger partial charge in [0.15, 0.2) is 0 Å². The second-order valence-corrected chi connectivity index (χ2v) is 4.57. The van der Waals surface area contributed by atoms with Crippen LogP contribution in [-0.4, -0.2) is 37.8 Å². The van der Waals surface area contributed by atoms with Gasteiger partial charge in [0.1, 0.15) is 5.75 Å². The zero-order valence-electron chi connectivity index (χ0n) is 12.2. The number of carbonyl (C=O) groups excluding carboxylic acids is 1. The summed E-state index contributed by atoms with van der Waals surface area (Å²) in [6, 6.07) is 7.33. The van der Waals surface area contributed by atoms with Crippen LogP contribution in [0, 0.1) is 0 Å². The maximum atomic E-state index is 11.5. The van der Waals surface area contributed by atoms with Crippen LogP contribution in [0.3, 0.4) is 0 Å². The number of amides is 1. The Kier molecular flexibility index (Phi) is 7.69. The number of rotatable bonds is 9. The Morgan fingerprint density at radius 2 is 2.10 bits per heavy atom. The Morgan fingerprint density at radius 1 is 1.35 bits per heavy atom. The van der Waals surface area contributed by atoms with Gasteiger partial charge in [-0.2, -0.15) is 0 Å². The van der Waals surface area contributed by atoms with Gasteiger partial charge in [-0.1, -0.05) is 25.1 Å². The molecule has 5 nitrogen and oxygen atoms in total. The van der Waals surface area contributed by atoms with E-state index in [0.29, 0.717) is 26.1 Å². The minimum absolute atomic E-state index is 0.00156. The second kappa shape index (κ2) is 9.34. The number of methoxy groups -OCH3 is 1. The summed E-state index contributed by atoms with van der Waals surface area (Å²) in [4.78, 5) is 11.5. The van der Waals surface area contributed by atoms with Crippen molar-refractivity contribution in [1.82, 2.24) is 10.6 Å². The van der Waals surface area contributed by atoms with Gasteiger partial charge >= 0.3 is 0 Å². The molecule has 0 aromatic heterocycles. The third-order valence-corrected chi connectivity index (χ3v) is 3.09. The lowest BCUT2D eigenvalue weighted by atomic mass is 10.0. The maximum absolute atomic E-state index is 11.5. The highest BCUT2D eigenvalue weighted by Gasteiger charge is 2.12. The molecule has 1 unspecified atom stereocenters. The smallest absolute Gasteiger partial charge is 0.221 e. The van der Waals surface area contributed by atoms with Crippen molar-refractivity contribution in [3.63, 3.8) is 0 Å². The summed E-state index contributed by atoms with van der Waals surface area (Å²) in [5.74, 6) is 0.290. The fourth-order valence-corrected chi connectivity index (χ4v) is 2.00. The molecule has 0 radical (unpaired) electrons. The van der Waals surface area contributed by atoms with Crippen molar-refractivity contribution in [3.8, 4) is 5.75 Å². The summed E-state index contributed by atoms with van der Waals surface area (Å²) in [6.45, 7) is 3.68. The van der Waals surface area contributed by atoms with Crippen LogP contribution in [0.2, 0.25) is 0 Å². The predicted molar refractivity (Wildman–Crippen MR) is 78.6 cm³/mol. The SMILES string of the molecule is CCC(NCCC(=O)NCCOC)c1ccccc1O. The van der Waals surface area contributed by atoms with E-state index < -0.39 is 0 Å². The topological polar surface area (TPSA) is 70.6 Å². The van der Waals surface area contributed by atoms with E-state index in [9.17, 15) is 9.90 Å². The Bertz CT molecular complexity index is 410. The first-order valence-corrected chi connectivity index (χ1v) is 6.96. The van der Waals surface area contributed by atoms with E-state index in [1.807, 2.05) is 19.1 Å². The first-order chi connectivity index (χ1) is 9.69. The zero-order valence-corrected chi connectivity index (χ0v) is 12.2. The van der Waals surface area contributed by atoms with Crippen LogP contribution in [-0.2, 0) is 9.53 Å². The van der Waals surface area contributed by atoms with Gasteiger partial charge in [-0.25, -0.2) is 0 Å². The molecular weight excluding hydrogens is 256 g/mol. The summed E-state index contributed by atoms with van der Waals surface area (Å²) < 4.78 is 4.87. The number of phenols is 1. The molecule has 0 fully saturated rings. The average molecular weight is 280 g/mol. The molecule has 0 bridgehead atoms. The molecule has 3 N–H and O–H groups in total. The molecule has 0 saturated carbocycles. The number of nitrogens with one attached hydrogen (secondary N) is 2. The van der Waals surface area contributed by atoms with Crippen LogP contribution in [0.15, 0.2) is 24.3 Å². The van der Waals surface area contributed by atoms with Gasteiger partial charge in [0, 0.05) is 38.2 Å². The number of para-hydroxylation sites is 1. The monoisotopic (exact) mass is 280 g/mol. The molecular formula is C15H24N2O3. The Balaban J connectivity index is 2.35. The summed E-state index contributed by atoms with van der Waals surface area (Å²) in [5, 5.41) is 15.9. The number of benzene rings is 1. The van der Waals surface area contributed by atoms with Crippen molar-refractivity contribution in [3.05, 3.63) is 29.8 Å². The minimum atomic E-state index is 0.00156. The van der Waals surface area contributed by atoms with E-state index in [-0.39, 0.29) is 17.7 Å².